The fourth-order valence-corrected chi connectivity index (χ4v) is 3.83. The van der Waals surface area contributed by atoms with E-state index < -0.39 is 0 Å². The standard InChI is InChI=1S/C14H27N/c1-12-9-14(2,11-15-10-12)13-7-5-3-4-6-8-13/h12-13,15H,3-11H2,1-2H3/t12?,14-/m1/s1. The third-order valence-corrected chi connectivity index (χ3v) is 4.68. The lowest BCUT2D eigenvalue weighted by Gasteiger charge is -2.43. The van der Waals surface area contributed by atoms with E-state index in [0.29, 0.717) is 5.41 Å². The quantitative estimate of drug-likeness (QED) is 0.651. The highest BCUT2D eigenvalue weighted by Crippen LogP contribution is 2.42. The van der Waals surface area contributed by atoms with Crippen LogP contribution in [0.3, 0.4) is 0 Å². The Morgan fingerprint density at radius 2 is 1.73 bits per heavy atom. The monoisotopic (exact) mass is 209 g/mol. The van der Waals surface area contributed by atoms with Gasteiger partial charge in [0.15, 0.2) is 0 Å². The fourth-order valence-electron chi connectivity index (χ4n) is 3.83. The molecule has 1 saturated heterocycles. The van der Waals surface area contributed by atoms with Crippen LogP contribution in [0.4, 0.5) is 0 Å². The topological polar surface area (TPSA) is 12.0 Å². The van der Waals surface area contributed by atoms with Crippen molar-refractivity contribution in [3.8, 4) is 0 Å². The zero-order valence-corrected chi connectivity index (χ0v) is 10.5. The van der Waals surface area contributed by atoms with Crippen molar-refractivity contribution in [2.75, 3.05) is 13.1 Å². The first kappa shape index (κ1) is 11.4. The van der Waals surface area contributed by atoms with E-state index in [2.05, 4.69) is 19.2 Å². The van der Waals surface area contributed by atoms with Gasteiger partial charge in [-0.05, 0) is 43.1 Å². The first-order valence-electron chi connectivity index (χ1n) is 6.91. The Labute approximate surface area is 95.0 Å². The Balaban J connectivity index is 1.98. The van der Waals surface area contributed by atoms with Crippen LogP contribution in [-0.4, -0.2) is 13.1 Å². The van der Waals surface area contributed by atoms with E-state index in [-0.39, 0.29) is 0 Å². The van der Waals surface area contributed by atoms with Crippen molar-refractivity contribution < 1.29 is 0 Å². The summed E-state index contributed by atoms with van der Waals surface area (Å²) < 4.78 is 0. The molecule has 2 aliphatic rings. The highest BCUT2D eigenvalue weighted by Gasteiger charge is 2.37. The second-order valence-electron chi connectivity index (χ2n) is 6.28. The molecule has 0 bridgehead atoms. The summed E-state index contributed by atoms with van der Waals surface area (Å²) in [6.07, 6.45) is 10.4. The third-order valence-electron chi connectivity index (χ3n) is 4.68. The maximum Gasteiger partial charge on any atom is 0.000804 e. The molecule has 1 heterocycles. The fraction of sp³-hybridized carbons (Fsp3) is 1.00. The van der Waals surface area contributed by atoms with Crippen LogP contribution >= 0.6 is 0 Å². The molecule has 1 saturated carbocycles. The molecule has 2 rings (SSSR count). The van der Waals surface area contributed by atoms with Crippen LogP contribution in [0.25, 0.3) is 0 Å². The van der Waals surface area contributed by atoms with Crippen molar-refractivity contribution in [3.63, 3.8) is 0 Å². The second kappa shape index (κ2) is 4.86. The summed E-state index contributed by atoms with van der Waals surface area (Å²) >= 11 is 0. The molecule has 0 aromatic rings. The highest BCUT2D eigenvalue weighted by molar-refractivity contribution is 4.90. The molecule has 2 fully saturated rings. The average molecular weight is 209 g/mol. The lowest BCUT2D eigenvalue weighted by molar-refractivity contribution is 0.0940. The molecule has 0 radical (unpaired) electrons. The Bertz CT molecular complexity index is 194. The lowest BCUT2D eigenvalue weighted by Crippen LogP contribution is -2.46. The summed E-state index contributed by atoms with van der Waals surface area (Å²) in [5, 5.41) is 3.64. The van der Waals surface area contributed by atoms with Gasteiger partial charge in [-0.3, -0.25) is 0 Å². The minimum absolute atomic E-state index is 0.599. The van der Waals surface area contributed by atoms with Crippen molar-refractivity contribution in [1.82, 2.24) is 5.32 Å². The van der Waals surface area contributed by atoms with E-state index in [9.17, 15) is 0 Å². The maximum absolute atomic E-state index is 3.64. The molecule has 1 nitrogen and oxygen atoms in total. The van der Waals surface area contributed by atoms with E-state index in [1.54, 1.807) is 0 Å². The summed E-state index contributed by atoms with van der Waals surface area (Å²) in [5.41, 5.74) is 0.599. The SMILES string of the molecule is CC1CNC[C@](C)(C2CCCCCC2)C1. The number of piperidine rings is 1. The molecule has 1 aliphatic heterocycles. The Hall–Kier alpha value is -0.0400. The Kier molecular flexibility index (Phi) is 3.71. The second-order valence-corrected chi connectivity index (χ2v) is 6.28. The van der Waals surface area contributed by atoms with Crippen molar-refractivity contribution in [2.24, 2.45) is 17.3 Å². The number of hydrogen-bond donors (Lipinski definition) is 1. The van der Waals surface area contributed by atoms with Crippen LogP contribution in [0.5, 0.6) is 0 Å². The van der Waals surface area contributed by atoms with Gasteiger partial charge in [-0.15, -0.1) is 0 Å². The zero-order chi connectivity index (χ0) is 10.7. The number of hydrogen-bond acceptors (Lipinski definition) is 1. The van der Waals surface area contributed by atoms with Gasteiger partial charge < -0.3 is 5.32 Å². The van der Waals surface area contributed by atoms with Crippen molar-refractivity contribution >= 4 is 0 Å². The summed E-state index contributed by atoms with van der Waals surface area (Å²) in [4.78, 5) is 0. The highest BCUT2D eigenvalue weighted by atomic mass is 14.9. The molecular formula is C14H27N. The molecule has 1 aliphatic carbocycles. The van der Waals surface area contributed by atoms with Crippen molar-refractivity contribution in [2.45, 2.75) is 58.8 Å². The molecule has 1 unspecified atom stereocenters. The van der Waals surface area contributed by atoms with Gasteiger partial charge in [-0.1, -0.05) is 39.5 Å². The molecule has 0 aromatic heterocycles. The van der Waals surface area contributed by atoms with Gasteiger partial charge in [-0.25, -0.2) is 0 Å². The van der Waals surface area contributed by atoms with Gasteiger partial charge in [-0.2, -0.15) is 0 Å². The van der Waals surface area contributed by atoms with E-state index in [1.165, 1.54) is 58.0 Å². The molecular weight excluding hydrogens is 182 g/mol. The maximum atomic E-state index is 3.64. The number of rotatable bonds is 1. The van der Waals surface area contributed by atoms with Gasteiger partial charge in [0.1, 0.15) is 0 Å². The molecule has 0 amide bonds. The van der Waals surface area contributed by atoms with Crippen LogP contribution in [0.2, 0.25) is 0 Å². The Morgan fingerprint density at radius 3 is 2.33 bits per heavy atom. The van der Waals surface area contributed by atoms with Gasteiger partial charge in [0.05, 0.1) is 0 Å². The molecule has 0 spiro atoms. The summed E-state index contributed by atoms with van der Waals surface area (Å²) in [6.45, 7) is 7.44. The van der Waals surface area contributed by atoms with E-state index in [4.69, 9.17) is 0 Å². The Morgan fingerprint density at radius 1 is 1.07 bits per heavy atom. The third kappa shape index (κ3) is 2.75. The van der Waals surface area contributed by atoms with Crippen LogP contribution in [0.15, 0.2) is 0 Å². The van der Waals surface area contributed by atoms with Gasteiger partial charge >= 0.3 is 0 Å². The normalized spacial score (nSPS) is 40.0. The van der Waals surface area contributed by atoms with Gasteiger partial charge in [0, 0.05) is 6.54 Å². The summed E-state index contributed by atoms with van der Waals surface area (Å²) in [5.74, 6) is 1.88. The summed E-state index contributed by atoms with van der Waals surface area (Å²) in [6, 6.07) is 0. The largest absolute Gasteiger partial charge is 0.316 e. The van der Waals surface area contributed by atoms with Crippen LogP contribution < -0.4 is 5.32 Å². The molecule has 1 N–H and O–H groups in total. The van der Waals surface area contributed by atoms with Crippen LogP contribution in [0, 0.1) is 17.3 Å². The molecule has 0 aromatic carbocycles. The van der Waals surface area contributed by atoms with E-state index in [1.807, 2.05) is 0 Å². The summed E-state index contributed by atoms with van der Waals surface area (Å²) in [7, 11) is 0. The minimum Gasteiger partial charge on any atom is -0.316 e. The lowest BCUT2D eigenvalue weighted by atomic mass is 9.67. The first-order valence-corrected chi connectivity index (χ1v) is 6.91. The molecule has 15 heavy (non-hydrogen) atoms. The van der Waals surface area contributed by atoms with Crippen molar-refractivity contribution in [3.05, 3.63) is 0 Å². The van der Waals surface area contributed by atoms with E-state index in [0.717, 1.165) is 11.8 Å². The predicted molar refractivity (Wildman–Crippen MR) is 65.9 cm³/mol. The molecule has 2 atom stereocenters. The minimum atomic E-state index is 0.599. The number of nitrogens with one attached hydrogen (secondary N) is 1. The predicted octanol–water partition coefficient (Wildman–Crippen LogP) is 3.59. The molecule has 1 heteroatoms. The van der Waals surface area contributed by atoms with Crippen LogP contribution in [0.1, 0.15) is 58.8 Å². The average Bonchev–Trinajstić information content (AvgIpc) is 2.45. The van der Waals surface area contributed by atoms with Crippen LogP contribution in [-0.2, 0) is 0 Å². The first-order chi connectivity index (χ1) is 7.21. The van der Waals surface area contributed by atoms with Crippen molar-refractivity contribution in [1.29, 1.82) is 0 Å². The smallest absolute Gasteiger partial charge is 0.000804 e. The van der Waals surface area contributed by atoms with E-state index >= 15 is 0 Å². The van der Waals surface area contributed by atoms with Gasteiger partial charge in [0.25, 0.3) is 0 Å². The zero-order valence-electron chi connectivity index (χ0n) is 10.5. The molecule has 88 valence electrons. The van der Waals surface area contributed by atoms with Gasteiger partial charge in [0.2, 0.25) is 0 Å².